The van der Waals surface area contributed by atoms with Crippen molar-refractivity contribution in [1.82, 2.24) is 0 Å². The van der Waals surface area contributed by atoms with E-state index >= 15 is 0 Å². The van der Waals surface area contributed by atoms with E-state index in [9.17, 15) is 0 Å². The molecule has 0 N–H and O–H groups in total. The molecule has 4 heteroatoms. The molecule has 0 saturated carbocycles. The van der Waals surface area contributed by atoms with Crippen LogP contribution in [0, 0.1) is 0 Å². The predicted octanol–water partition coefficient (Wildman–Crippen LogP) is 15.5. The van der Waals surface area contributed by atoms with Crippen molar-refractivity contribution in [2.45, 2.75) is 0 Å². The Morgan fingerprint density at radius 3 is 1.33 bits per heavy atom. The third-order valence-electron chi connectivity index (χ3n) is 9.74. The fraction of sp³-hybridized carbons (Fsp3) is 0. The second kappa shape index (κ2) is 16.9. The van der Waals surface area contributed by atoms with Gasteiger partial charge in [-0.05, 0) is 112 Å². The first kappa shape index (κ1) is 35.9. The number of hydrogen-bond donors (Lipinski definition) is 0. The fourth-order valence-electron chi connectivity index (χ4n) is 6.94. The summed E-state index contributed by atoms with van der Waals surface area (Å²) in [5, 5.41) is 0. The van der Waals surface area contributed by atoms with Gasteiger partial charge in [0.2, 0.25) is 0 Å². The minimum absolute atomic E-state index is 0.564. The Hall–Kier alpha value is -7.82. The first-order valence-corrected chi connectivity index (χ1v) is 19.2. The quantitative estimate of drug-likeness (QED) is 0.125. The lowest BCUT2D eigenvalue weighted by molar-refractivity contribution is 0.395. The lowest BCUT2D eigenvalue weighted by Crippen LogP contribution is -1.96. The normalized spacial score (nSPS) is 10.8. The zero-order chi connectivity index (χ0) is 38.9. The van der Waals surface area contributed by atoms with Gasteiger partial charge in [-0.1, -0.05) is 158 Å². The Kier molecular flexibility index (Phi) is 10.5. The van der Waals surface area contributed by atoms with E-state index in [0.717, 1.165) is 50.6 Å². The van der Waals surface area contributed by atoms with Gasteiger partial charge in [0.1, 0.15) is 23.0 Å². The summed E-state index contributed by atoms with van der Waals surface area (Å²) in [5.41, 5.74) is 8.57. The topological polar surface area (TPSA) is 36.9 Å². The Morgan fingerprint density at radius 2 is 0.638 bits per heavy atom. The molecule has 278 valence electrons. The Bertz CT molecular complexity index is 2760. The molecule has 0 amide bonds. The smallest absolute Gasteiger partial charge is 0.177 e. The van der Waals surface area contributed by atoms with Gasteiger partial charge >= 0.3 is 0 Å². The predicted molar refractivity (Wildman–Crippen MR) is 234 cm³/mol. The molecule has 0 spiro atoms. The molecule has 0 unspecified atom stereocenters. The zero-order valence-electron chi connectivity index (χ0n) is 31.6. The second-order valence-electron chi connectivity index (χ2n) is 13.7. The monoisotopic (exact) mass is 750 g/mol. The van der Waals surface area contributed by atoms with Crippen molar-refractivity contribution in [3.05, 3.63) is 231 Å². The summed E-state index contributed by atoms with van der Waals surface area (Å²) in [4.78, 5) is 0. The van der Waals surface area contributed by atoms with Crippen LogP contribution in [0.15, 0.2) is 231 Å². The van der Waals surface area contributed by atoms with Crippen LogP contribution in [0.3, 0.4) is 0 Å². The molecule has 0 aromatic heterocycles. The summed E-state index contributed by atoms with van der Waals surface area (Å²) in [7, 11) is 0. The van der Waals surface area contributed by atoms with Crippen LogP contribution < -0.4 is 18.9 Å². The molecule has 4 nitrogen and oxygen atoms in total. The molecule has 0 saturated heterocycles. The van der Waals surface area contributed by atoms with E-state index < -0.39 is 0 Å². The first-order valence-electron chi connectivity index (χ1n) is 19.2. The molecule has 0 atom stereocenters. The van der Waals surface area contributed by atoms with E-state index in [0.29, 0.717) is 28.7 Å². The summed E-state index contributed by atoms with van der Waals surface area (Å²) in [6.07, 6.45) is 0. The van der Waals surface area contributed by atoms with Gasteiger partial charge in [0.05, 0.1) is 0 Å². The molecule has 0 aliphatic rings. The number of benzene rings is 9. The highest BCUT2D eigenvalue weighted by atomic mass is 16.5. The largest absolute Gasteiger partial charge is 0.457 e. The third-order valence-corrected chi connectivity index (χ3v) is 9.74. The summed E-state index contributed by atoms with van der Waals surface area (Å²) in [6, 6.07) is 76.9. The van der Waals surface area contributed by atoms with E-state index in [-0.39, 0.29) is 0 Å². The molecule has 0 heterocycles. The highest BCUT2D eigenvalue weighted by Crippen LogP contribution is 2.46. The van der Waals surface area contributed by atoms with Crippen molar-refractivity contribution in [3.8, 4) is 90.5 Å². The van der Waals surface area contributed by atoms with Gasteiger partial charge < -0.3 is 18.9 Å². The molecule has 0 aliphatic heterocycles. The van der Waals surface area contributed by atoms with Crippen LogP contribution in [0.1, 0.15) is 0 Å². The standard InChI is InChI=1S/C54H38O4/c1-4-17-40(18-5-1)48-27-10-11-28-49(48)43-21-15-26-47(38-43)55-46-35-33-39(34-36-46)41-19-14-20-42(37-41)50-29-16-32-53(57-45-24-8-3-9-25-45)54(50)58-52-31-13-12-30-51(52)56-44-22-6-2-7-23-44/h1-38H. The molecule has 0 radical (unpaired) electrons. The summed E-state index contributed by atoms with van der Waals surface area (Å²) >= 11 is 0. The van der Waals surface area contributed by atoms with Crippen LogP contribution in [0.2, 0.25) is 0 Å². The van der Waals surface area contributed by atoms with Crippen molar-refractivity contribution < 1.29 is 18.9 Å². The SMILES string of the molecule is c1ccc(Oc2ccccc2Oc2c(Oc3ccccc3)cccc2-c2cccc(-c3ccc(Oc4cccc(-c5ccccc5-c5ccccc5)c4)cc3)c2)cc1. The average Bonchev–Trinajstić information content (AvgIpc) is 3.29. The van der Waals surface area contributed by atoms with Crippen LogP contribution in [0.25, 0.3) is 44.5 Å². The number of para-hydroxylation sites is 5. The van der Waals surface area contributed by atoms with Gasteiger partial charge in [0.25, 0.3) is 0 Å². The van der Waals surface area contributed by atoms with E-state index in [2.05, 4.69) is 103 Å². The van der Waals surface area contributed by atoms with E-state index in [1.54, 1.807) is 0 Å². The van der Waals surface area contributed by atoms with Crippen LogP contribution in [-0.2, 0) is 0 Å². The zero-order valence-corrected chi connectivity index (χ0v) is 31.6. The lowest BCUT2D eigenvalue weighted by Gasteiger charge is -2.18. The van der Waals surface area contributed by atoms with Crippen LogP contribution in [-0.4, -0.2) is 0 Å². The van der Waals surface area contributed by atoms with Crippen molar-refractivity contribution in [2.24, 2.45) is 0 Å². The molecular weight excluding hydrogens is 713 g/mol. The lowest BCUT2D eigenvalue weighted by atomic mass is 9.94. The summed E-state index contributed by atoms with van der Waals surface area (Å²) < 4.78 is 25.9. The van der Waals surface area contributed by atoms with Gasteiger partial charge in [-0.15, -0.1) is 0 Å². The number of hydrogen-bond acceptors (Lipinski definition) is 4. The number of ether oxygens (including phenoxy) is 4. The van der Waals surface area contributed by atoms with Crippen LogP contribution in [0.4, 0.5) is 0 Å². The van der Waals surface area contributed by atoms with E-state index in [1.807, 2.05) is 127 Å². The number of rotatable bonds is 12. The molecule has 9 rings (SSSR count). The third kappa shape index (κ3) is 8.23. The van der Waals surface area contributed by atoms with Gasteiger partial charge in [-0.2, -0.15) is 0 Å². The van der Waals surface area contributed by atoms with Crippen LogP contribution in [0.5, 0.6) is 46.0 Å². The van der Waals surface area contributed by atoms with Crippen molar-refractivity contribution >= 4 is 0 Å². The summed E-state index contributed by atoms with van der Waals surface area (Å²) in [6.45, 7) is 0. The Labute approximate surface area is 338 Å². The summed E-state index contributed by atoms with van der Waals surface area (Å²) in [5.74, 6) is 5.27. The van der Waals surface area contributed by atoms with Gasteiger partial charge in [-0.3, -0.25) is 0 Å². The Morgan fingerprint density at radius 1 is 0.207 bits per heavy atom. The molecular formula is C54H38O4. The Balaban J connectivity index is 0.999. The molecule has 0 aliphatic carbocycles. The molecule has 0 fully saturated rings. The molecule has 9 aromatic rings. The second-order valence-corrected chi connectivity index (χ2v) is 13.7. The van der Waals surface area contributed by atoms with Crippen molar-refractivity contribution in [1.29, 1.82) is 0 Å². The van der Waals surface area contributed by atoms with E-state index in [4.69, 9.17) is 18.9 Å². The maximum absolute atomic E-state index is 6.79. The van der Waals surface area contributed by atoms with Crippen molar-refractivity contribution in [2.75, 3.05) is 0 Å². The molecule has 58 heavy (non-hydrogen) atoms. The van der Waals surface area contributed by atoms with Gasteiger partial charge in [0, 0.05) is 5.56 Å². The average molecular weight is 751 g/mol. The van der Waals surface area contributed by atoms with Gasteiger partial charge in [-0.25, -0.2) is 0 Å². The van der Waals surface area contributed by atoms with Crippen LogP contribution >= 0.6 is 0 Å². The van der Waals surface area contributed by atoms with Gasteiger partial charge in [0.15, 0.2) is 23.0 Å². The fourth-order valence-corrected chi connectivity index (χ4v) is 6.94. The molecule has 0 bridgehead atoms. The van der Waals surface area contributed by atoms with Crippen molar-refractivity contribution in [3.63, 3.8) is 0 Å². The minimum Gasteiger partial charge on any atom is -0.457 e. The van der Waals surface area contributed by atoms with E-state index in [1.165, 1.54) is 11.1 Å². The maximum Gasteiger partial charge on any atom is 0.177 e. The minimum atomic E-state index is 0.564. The highest BCUT2D eigenvalue weighted by Gasteiger charge is 2.18. The molecule has 9 aromatic carbocycles. The first-order chi connectivity index (χ1) is 28.7. The highest BCUT2D eigenvalue weighted by molar-refractivity contribution is 5.84. The maximum atomic E-state index is 6.79.